The fourth-order valence-corrected chi connectivity index (χ4v) is 3.20. The molecule has 1 aromatic rings. The van der Waals surface area contributed by atoms with Gasteiger partial charge in [0, 0.05) is 10.9 Å². The van der Waals surface area contributed by atoms with E-state index in [4.69, 9.17) is 0 Å². The highest BCUT2D eigenvalue weighted by atomic mass is 79.9. The number of carbonyl (C=O) groups is 2. The van der Waals surface area contributed by atoms with Crippen molar-refractivity contribution < 1.29 is 9.59 Å². The summed E-state index contributed by atoms with van der Waals surface area (Å²) in [7, 11) is 0. The summed E-state index contributed by atoms with van der Waals surface area (Å²) in [5.74, 6) is -0.0706. The minimum atomic E-state index is -0.179. The molecule has 0 aliphatic carbocycles. The molecular formula is C14H20BrNO2S. The van der Waals surface area contributed by atoms with Crippen molar-refractivity contribution in [1.29, 1.82) is 0 Å². The molecule has 0 unspecified atom stereocenters. The highest BCUT2D eigenvalue weighted by Crippen LogP contribution is 2.22. The fraction of sp³-hybridized carbons (Fsp3) is 0.571. The van der Waals surface area contributed by atoms with E-state index in [1.54, 1.807) is 0 Å². The number of rotatable bonds is 9. The molecule has 1 amide bonds. The van der Waals surface area contributed by atoms with Gasteiger partial charge in [-0.25, -0.2) is 0 Å². The summed E-state index contributed by atoms with van der Waals surface area (Å²) in [4.78, 5) is 24.0. The summed E-state index contributed by atoms with van der Waals surface area (Å²) < 4.78 is 0.780. The molecule has 0 saturated heterocycles. The molecule has 19 heavy (non-hydrogen) atoms. The number of halogens is 1. The minimum Gasteiger partial charge on any atom is -0.344 e. The standard InChI is InChI=1S/C14H20BrNO2S/c1-2-3-4-5-6-7-11(17)10-16-14(18)13-12(15)8-9-19-13/h8-9H,2-7,10H2,1H3,(H,16,18). The quantitative estimate of drug-likeness (QED) is 0.682. The number of Topliss-reactive ketones (excluding diaryl/α,β-unsaturated/α-hetero) is 1. The third kappa shape index (κ3) is 6.34. The number of nitrogens with one attached hydrogen (secondary N) is 1. The first kappa shape index (κ1) is 16.4. The van der Waals surface area contributed by atoms with Crippen LogP contribution in [0.3, 0.4) is 0 Å². The van der Waals surface area contributed by atoms with Crippen molar-refractivity contribution >= 4 is 39.0 Å². The van der Waals surface area contributed by atoms with Crippen molar-refractivity contribution in [3.63, 3.8) is 0 Å². The molecule has 0 bridgehead atoms. The van der Waals surface area contributed by atoms with Crippen LogP contribution >= 0.6 is 27.3 Å². The van der Waals surface area contributed by atoms with Crippen molar-refractivity contribution in [3.8, 4) is 0 Å². The minimum absolute atomic E-state index is 0.109. The van der Waals surface area contributed by atoms with Gasteiger partial charge >= 0.3 is 0 Å². The molecule has 1 aromatic heterocycles. The Morgan fingerprint density at radius 3 is 2.63 bits per heavy atom. The van der Waals surface area contributed by atoms with Gasteiger partial charge in [0.2, 0.25) is 0 Å². The summed E-state index contributed by atoms with van der Waals surface area (Å²) in [6, 6.07) is 1.83. The van der Waals surface area contributed by atoms with Crippen molar-refractivity contribution in [2.45, 2.75) is 45.4 Å². The van der Waals surface area contributed by atoms with Crippen LogP contribution in [0.5, 0.6) is 0 Å². The lowest BCUT2D eigenvalue weighted by Gasteiger charge is -2.04. The lowest BCUT2D eigenvalue weighted by atomic mass is 10.1. The van der Waals surface area contributed by atoms with Gasteiger partial charge in [-0.1, -0.05) is 32.6 Å². The van der Waals surface area contributed by atoms with Gasteiger partial charge in [-0.05, 0) is 33.8 Å². The third-order valence-corrected chi connectivity index (χ3v) is 4.67. The number of hydrogen-bond acceptors (Lipinski definition) is 3. The predicted octanol–water partition coefficient (Wildman–Crippen LogP) is 4.17. The number of carbonyl (C=O) groups excluding carboxylic acids is 2. The van der Waals surface area contributed by atoms with E-state index in [1.165, 1.54) is 30.6 Å². The van der Waals surface area contributed by atoms with Crippen LogP contribution in [0.1, 0.15) is 55.1 Å². The molecule has 0 spiro atoms. The van der Waals surface area contributed by atoms with Crippen LogP contribution in [0.4, 0.5) is 0 Å². The maximum atomic E-state index is 11.8. The zero-order valence-electron chi connectivity index (χ0n) is 11.2. The molecule has 0 atom stereocenters. The highest BCUT2D eigenvalue weighted by molar-refractivity contribution is 9.10. The van der Waals surface area contributed by atoms with Gasteiger partial charge in [0.1, 0.15) is 4.88 Å². The Bertz CT molecular complexity index is 417. The fourth-order valence-electron chi connectivity index (χ4n) is 1.73. The van der Waals surface area contributed by atoms with E-state index in [0.29, 0.717) is 11.3 Å². The van der Waals surface area contributed by atoms with E-state index in [9.17, 15) is 9.59 Å². The zero-order valence-corrected chi connectivity index (χ0v) is 13.6. The number of hydrogen-bond donors (Lipinski definition) is 1. The Labute approximate surface area is 126 Å². The Kier molecular flexibility index (Phi) is 7.98. The molecule has 0 aromatic carbocycles. The maximum Gasteiger partial charge on any atom is 0.262 e. The van der Waals surface area contributed by atoms with Crippen LogP contribution in [0.2, 0.25) is 0 Å². The summed E-state index contributed by atoms with van der Waals surface area (Å²) in [6.07, 6.45) is 6.23. The van der Waals surface area contributed by atoms with E-state index in [0.717, 1.165) is 17.3 Å². The van der Waals surface area contributed by atoms with E-state index in [-0.39, 0.29) is 18.2 Å². The van der Waals surface area contributed by atoms with Gasteiger partial charge in [-0.15, -0.1) is 11.3 Å². The molecule has 0 aliphatic heterocycles. The summed E-state index contributed by atoms with van der Waals surface area (Å²) in [6.45, 7) is 2.31. The van der Waals surface area contributed by atoms with Gasteiger partial charge in [-0.3, -0.25) is 9.59 Å². The molecule has 1 heterocycles. The second kappa shape index (κ2) is 9.26. The molecule has 0 radical (unpaired) electrons. The van der Waals surface area contributed by atoms with Crippen molar-refractivity contribution in [1.82, 2.24) is 5.32 Å². The zero-order chi connectivity index (χ0) is 14.1. The van der Waals surface area contributed by atoms with E-state index < -0.39 is 0 Å². The molecule has 3 nitrogen and oxygen atoms in total. The van der Waals surface area contributed by atoms with Crippen molar-refractivity contribution in [2.75, 3.05) is 6.54 Å². The van der Waals surface area contributed by atoms with Gasteiger partial charge in [0.15, 0.2) is 5.78 Å². The topological polar surface area (TPSA) is 46.2 Å². The van der Waals surface area contributed by atoms with Crippen LogP contribution in [0, 0.1) is 0 Å². The normalized spacial score (nSPS) is 10.4. The Morgan fingerprint density at radius 1 is 1.26 bits per heavy atom. The van der Waals surface area contributed by atoms with E-state index >= 15 is 0 Å². The number of thiophene rings is 1. The predicted molar refractivity (Wildman–Crippen MR) is 82.7 cm³/mol. The summed E-state index contributed by atoms with van der Waals surface area (Å²) in [5, 5.41) is 4.51. The second-order valence-electron chi connectivity index (χ2n) is 4.48. The molecule has 0 saturated carbocycles. The lowest BCUT2D eigenvalue weighted by molar-refractivity contribution is -0.118. The van der Waals surface area contributed by atoms with Gasteiger partial charge in [-0.2, -0.15) is 0 Å². The third-order valence-electron chi connectivity index (χ3n) is 2.83. The largest absolute Gasteiger partial charge is 0.344 e. The average molecular weight is 346 g/mol. The molecule has 1 N–H and O–H groups in total. The first-order chi connectivity index (χ1) is 9.15. The van der Waals surface area contributed by atoms with Crippen molar-refractivity contribution in [3.05, 3.63) is 20.8 Å². The Balaban J connectivity index is 2.16. The van der Waals surface area contributed by atoms with Crippen LogP contribution in [0.15, 0.2) is 15.9 Å². The van der Waals surface area contributed by atoms with Gasteiger partial charge in [0.25, 0.3) is 5.91 Å². The number of amides is 1. The summed E-state index contributed by atoms with van der Waals surface area (Å²) in [5.41, 5.74) is 0. The van der Waals surface area contributed by atoms with E-state index in [1.807, 2.05) is 11.4 Å². The first-order valence-electron chi connectivity index (χ1n) is 6.68. The second-order valence-corrected chi connectivity index (χ2v) is 6.25. The number of ketones is 1. The Hall–Kier alpha value is -0.680. The molecule has 1 rings (SSSR count). The summed E-state index contributed by atoms with van der Waals surface area (Å²) >= 11 is 4.67. The molecule has 106 valence electrons. The van der Waals surface area contributed by atoms with Gasteiger partial charge in [0.05, 0.1) is 6.54 Å². The van der Waals surface area contributed by atoms with Crippen molar-refractivity contribution in [2.24, 2.45) is 0 Å². The molecule has 0 fully saturated rings. The Morgan fingerprint density at radius 2 is 2.00 bits per heavy atom. The highest BCUT2D eigenvalue weighted by Gasteiger charge is 2.12. The molecule has 5 heteroatoms. The van der Waals surface area contributed by atoms with Gasteiger partial charge < -0.3 is 5.32 Å². The lowest BCUT2D eigenvalue weighted by Crippen LogP contribution is -2.29. The number of unbranched alkanes of at least 4 members (excludes halogenated alkanes) is 4. The van der Waals surface area contributed by atoms with Crippen LogP contribution in [-0.4, -0.2) is 18.2 Å². The van der Waals surface area contributed by atoms with Crippen LogP contribution in [0.25, 0.3) is 0 Å². The first-order valence-corrected chi connectivity index (χ1v) is 8.35. The van der Waals surface area contributed by atoms with E-state index in [2.05, 4.69) is 28.2 Å². The van der Waals surface area contributed by atoms with Crippen LogP contribution < -0.4 is 5.32 Å². The average Bonchev–Trinajstić information content (AvgIpc) is 2.82. The SMILES string of the molecule is CCCCCCCC(=O)CNC(=O)c1sccc1Br. The molecule has 0 aliphatic rings. The van der Waals surface area contributed by atoms with Crippen LogP contribution in [-0.2, 0) is 4.79 Å². The molecular weight excluding hydrogens is 326 g/mol. The monoisotopic (exact) mass is 345 g/mol. The maximum absolute atomic E-state index is 11.8. The smallest absolute Gasteiger partial charge is 0.262 e.